The summed E-state index contributed by atoms with van der Waals surface area (Å²) in [5.74, 6) is -2.33. The van der Waals surface area contributed by atoms with Crippen LogP contribution < -0.4 is 10.0 Å². The molecule has 1 atom stereocenters. The van der Waals surface area contributed by atoms with Crippen molar-refractivity contribution in [3.63, 3.8) is 0 Å². The highest BCUT2D eigenvalue weighted by Gasteiger charge is 2.22. The molecule has 2 aromatic rings. The smallest absolute Gasteiger partial charge is 0.233 e. The lowest BCUT2D eigenvalue weighted by molar-refractivity contribution is -0.118. The van der Waals surface area contributed by atoms with Gasteiger partial charge in [0.1, 0.15) is 5.82 Å². The molecule has 0 aliphatic heterocycles. The molecule has 8 heteroatoms. The third-order valence-corrected chi connectivity index (χ3v) is 4.78. The topological polar surface area (TPSA) is 99.1 Å². The number of nitriles is 1. The maximum atomic E-state index is 13.1. The van der Waals surface area contributed by atoms with E-state index in [1.165, 1.54) is 25.1 Å². The highest BCUT2D eigenvalue weighted by molar-refractivity contribution is 7.92. The number of sulfonamides is 1. The van der Waals surface area contributed by atoms with E-state index in [0.717, 1.165) is 6.07 Å². The van der Waals surface area contributed by atoms with Gasteiger partial charge in [-0.05, 0) is 42.5 Å². The fourth-order valence-corrected chi connectivity index (χ4v) is 3.45. The van der Waals surface area contributed by atoms with Crippen LogP contribution in [0, 0.1) is 23.1 Å². The molecule has 1 amide bonds. The van der Waals surface area contributed by atoms with E-state index in [2.05, 4.69) is 10.0 Å². The second-order valence-electron chi connectivity index (χ2n) is 5.47. The maximum absolute atomic E-state index is 13.1. The Morgan fingerprint density at radius 3 is 2.48 bits per heavy atom. The van der Waals surface area contributed by atoms with Crippen molar-refractivity contribution in [2.75, 3.05) is 15.8 Å². The average Bonchev–Trinajstić information content (AvgIpc) is 2.54. The minimum atomic E-state index is -3.82. The number of benzene rings is 2. The molecule has 0 aliphatic rings. The summed E-state index contributed by atoms with van der Waals surface area (Å²) in [6, 6.07) is 13.2. The van der Waals surface area contributed by atoms with E-state index in [9.17, 15) is 17.6 Å². The van der Waals surface area contributed by atoms with E-state index in [4.69, 9.17) is 5.26 Å². The summed E-state index contributed by atoms with van der Waals surface area (Å²) < 4.78 is 39.6. The van der Waals surface area contributed by atoms with E-state index >= 15 is 0 Å². The van der Waals surface area contributed by atoms with E-state index < -0.39 is 33.4 Å². The zero-order valence-corrected chi connectivity index (χ0v) is 14.2. The van der Waals surface area contributed by atoms with Crippen molar-refractivity contribution in [2.45, 2.75) is 6.92 Å². The Morgan fingerprint density at radius 1 is 1.20 bits per heavy atom. The first kappa shape index (κ1) is 18.4. The number of hydrogen-bond acceptors (Lipinski definition) is 4. The molecule has 2 aromatic carbocycles. The van der Waals surface area contributed by atoms with Gasteiger partial charge >= 0.3 is 0 Å². The summed E-state index contributed by atoms with van der Waals surface area (Å²) in [6.07, 6.45) is 0. The molecule has 0 fully saturated rings. The van der Waals surface area contributed by atoms with Gasteiger partial charge < -0.3 is 5.32 Å². The van der Waals surface area contributed by atoms with Gasteiger partial charge in [-0.25, -0.2) is 12.8 Å². The van der Waals surface area contributed by atoms with Crippen molar-refractivity contribution in [1.29, 1.82) is 5.26 Å². The molecule has 0 bridgehead atoms. The first-order valence-corrected chi connectivity index (χ1v) is 9.01. The number of nitrogens with zero attached hydrogens (tertiary/aromatic N) is 1. The molecular formula is C17H16FN3O3S. The van der Waals surface area contributed by atoms with E-state index in [1.807, 2.05) is 6.07 Å². The van der Waals surface area contributed by atoms with Crippen LogP contribution in [-0.2, 0) is 14.8 Å². The van der Waals surface area contributed by atoms with Gasteiger partial charge in [-0.3, -0.25) is 9.52 Å². The number of amides is 1. The molecule has 130 valence electrons. The number of hydrogen-bond donors (Lipinski definition) is 2. The molecular weight excluding hydrogens is 345 g/mol. The molecule has 1 unspecified atom stereocenters. The van der Waals surface area contributed by atoms with Crippen molar-refractivity contribution in [3.05, 3.63) is 59.9 Å². The lowest BCUT2D eigenvalue weighted by atomic mass is 10.2. The van der Waals surface area contributed by atoms with Gasteiger partial charge in [0.15, 0.2) is 0 Å². The largest absolute Gasteiger partial charge is 0.326 e. The number of anilines is 2. The molecule has 0 aromatic heterocycles. The van der Waals surface area contributed by atoms with Crippen LogP contribution in [0.1, 0.15) is 12.5 Å². The van der Waals surface area contributed by atoms with Crippen LogP contribution in [0.2, 0.25) is 0 Å². The molecule has 2 N–H and O–H groups in total. The van der Waals surface area contributed by atoms with Crippen LogP contribution in [-0.4, -0.2) is 20.1 Å². The third kappa shape index (κ3) is 5.58. The van der Waals surface area contributed by atoms with E-state index in [-0.39, 0.29) is 5.69 Å². The predicted molar refractivity (Wildman–Crippen MR) is 92.8 cm³/mol. The second kappa shape index (κ2) is 7.77. The Hall–Kier alpha value is -2.92. The van der Waals surface area contributed by atoms with E-state index in [0.29, 0.717) is 11.3 Å². The molecule has 6 nitrogen and oxygen atoms in total. The third-order valence-electron chi connectivity index (χ3n) is 3.30. The Labute approximate surface area is 145 Å². The predicted octanol–water partition coefficient (Wildman–Crippen LogP) is 2.71. The Bertz CT molecular complexity index is 905. The maximum Gasteiger partial charge on any atom is 0.233 e. The zero-order valence-electron chi connectivity index (χ0n) is 13.4. The fraction of sp³-hybridized carbons (Fsp3) is 0.176. The van der Waals surface area contributed by atoms with Gasteiger partial charge in [-0.1, -0.05) is 13.0 Å². The molecule has 2 rings (SSSR count). The monoisotopic (exact) mass is 361 g/mol. The summed E-state index contributed by atoms with van der Waals surface area (Å²) in [4.78, 5) is 12.1. The summed E-state index contributed by atoms with van der Waals surface area (Å²) in [5.41, 5.74) is 1.01. The molecule has 25 heavy (non-hydrogen) atoms. The van der Waals surface area contributed by atoms with Gasteiger partial charge in [-0.15, -0.1) is 0 Å². The molecule has 0 aliphatic carbocycles. The summed E-state index contributed by atoms with van der Waals surface area (Å²) in [5, 5.41) is 11.3. The lowest BCUT2D eigenvalue weighted by Gasteiger charge is -2.14. The van der Waals surface area contributed by atoms with Crippen molar-refractivity contribution < 1.29 is 17.6 Å². The SMILES string of the molecule is CC(CS(=O)(=O)Nc1cccc(F)c1)C(=O)Nc1ccc(C#N)cc1. The molecule has 0 saturated carbocycles. The summed E-state index contributed by atoms with van der Waals surface area (Å²) in [7, 11) is -3.82. The van der Waals surface area contributed by atoms with E-state index in [1.54, 1.807) is 24.3 Å². The Balaban J connectivity index is 1.98. The normalized spacial score (nSPS) is 12.0. The minimum Gasteiger partial charge on any atom is -0.326 e. The quantitative estimate of drug-likeness (QED) is 0.826. The van der Waals surface area contributed by atoms with Gasteiger partial charge in [0, 0.05) is 5.69 Å². The summed E-state index contributed by atoms with van der Waals surface area (Å²) >= 11 is 0. The molecule has 0 saturated heterocycles. The van der Waals surface area contributed by atoms with Gasteiger partial charge in [0.2, 0.25) is 15.9 Å². The van der Waals surface area contributed by atoms with Crippen LogP contribution >= 0.6 is 0 Å². The first-order chi connectivity index (χ1) is 11.8. The highest BCUT2D eigenvalue weighted by atomic mass is 32.2. The number of carbonyl (C=O) groups is 1. The van der Waals surface area contributed by atoms with Gasteiger partial charge in [-0.2, -0.15) is 5.26 Å². The minimum absolute atomic E-state index is 0.0969. The molecule has 0 heterocycles. The fourth-order valence-electron chi connectivity index (χ4n) is 2.07. The standard InChI is InChI=1S/C17H16FN3O3S/c1-12(17(22)20-15-7-5-13(10-19)6-8-15)11-25(23,24)21-16-4-2-3-14(18)9-16/h2-9,12,21H,11H2,1H3,(H,20,22). The molecule has 0 radical (unpaired) electrons. The highest BCUT2D eigenvalue weighted by Crippen LogP contribution is 2.14. The Morgan fingerprint density at radius 2 is 1.88 bits per heavy atom. The van der Waals surface area contributed by atoms with Crippen LogP contribution in [0.3, 0.4) is 0 Å². The Kier molecular flexibility index (Phi) is 5.72. The average molecular weight is 361 g/mol. The number of rotatable bonds is 6. The van der Waals surface area contributed by atoms with Crippen LogP contribution in [0.25, 0.3) is 0 Å². The zero-order chi connectivity index (χ0) is 18.4. The van der Waals surface area contributed by atoms with Gasteiger partial charge in [0.05, 0.1) is 29.0 Å². The number of carbonyl (C=O) groups excluding carboxylic acids is 1. The molecule has 0 spiro atoms. The first-order valence-electron chi connectivity index (χ1n) is 7.36. The van der Waals surface area contributed by atoms with Crippen LogP contribution in [0.15, 0.2) is 48.5 Å². The van der Waals surface area contributed by atoms with Crippen LogP contribution in [0.4, 0.5) is 15.8 Å². The number of halogens is 1. The van der Waals surface area contributed by atoms with Crippen molar-refractivity contribution in [1.82, 2.24) is 0 Å². The van der Waals surface area contributed by atoms with Crippen molar-refractivity contribution in [2.24, 2.45) is 5.92 Å². The second-order valence-corrected chi connectivity index (χ2v) is 7.24. The number of nitrogens with one attached hydrogen (secondary N) is 2. The van der Waals surface area contributed by atoms with Gasteiger partial charge in [0.25, 0.3) is 0 Å². The van der Waals surface area contributed by atoms with Crippen molar-refractivity contribution in [3.8, 4) is 6.07 Å². The van der Waals surface area contributed by atoms with Crippen LogP contribution in [0.5, 0.6) is 0 Å². The van der Waals surface area contributed by atoms with Crippen molar-refractivity contribution >= 4 is 27.3 Å². The summed E-state index contributed by atoms with van der Waals surface area (Å²) in [6.45, 7) is 1.48. The lowest BCUT2D eigenvalue weighted by Crippen LogP contribution is -2.29.